The first-order valence-corrected chi connectivity index (χ1v) is 12.9. The van der Waals surface area contributed by atoms with E-state index in [0.29, 0.717) is 4.90 Å². The van der Waals surface area contributed by atoms with Crippen LogP contribution < -0.4 is 10.6 Å². The quantitative estimate of drug-likeness (QED) is 0.186. The normalized spacial score (nSPS) is 25.6. The van der Waals surface area contributed by atoms with Crippen molar-refractivity contribution in [2.45, 2.75) is 61.7 Å². The van der Waals surface area contributed by atoms with Gasteiger partial charge in [0.25, 0.3) is 21.5 Å². The summed E-state index contributed by atoms with van der Waals surface area (Å²) in [5.74, 6) is -7.06. The third-order valence-corrected chi connectivity index (χ3v) is 6.43. The number of nitrogens with one attached hydrogen (secondary N) is 2. The second-order valence-corrected chi connectivity index (χ2v) is 11.2. The van der Waals surface area contributed by atoms with Crippen LogP contribution in [-0.2, 0) is 42.9 Å². The van der Waals surface area contributed by atoms with Crippen molar-refractivity contribution < 1.29 is 52.5 Å². The third kappa shape index (κ3) is 6.56. The summed E-state index contributed by atoms with van der Waals surface area (Å²) < 4.78 is 19.2. The predicted octanol–water partition coefficient (Wildman–Crippen LogP) is 0.753. The van der Waals surface area contributed by atoms with Gasteiger partial charge in [-0.2, -0.15) is 0 Å². The fraction of sp³-hybridized carbons (Fsp3) is 0.458. The molecule has 2 aliphatic heterocycles. The van der Waals surface area contributed by atoms with E-state index in [2.05, 4.69) is 10.6 Å². The van der Waals surface area contributed by atoms with Crippen molar-refractivity contribution in [3.05, 3.63) is 35.4 Å². The molecule has 0 aromatic heterocycles. The van der Waals surface area contributed by atoms with Crippen molar-refractivity contribution in [2.75, 3.05) is 6.61 Å². The maximum absolute atomic E-state index is 13.8. The molecule has 2 N–H and O–H groups in total. The number of carbonyl (C=O) groups excluding carboxylic acids is 7. The molecule has 17 heteroatoms. The highest BCUT2D eigenvalue weighted by atomic mass is 35.6. The van der Waals surface area contributed by atoms with Gasteiger partial charge in [-0.3, -0.25) is 33.6 Å². The topological polar surface area (TPSA) is 184 Å². The molecule has 1 aromatic carbocycles. The van der Waals surface area contributed by atoms with Crippen LogP contribution in [0.3, 0.4) is 0 Å². The molecule has 0 bridgehead atoms. The molecule has 0 saturated carbocycles. The van der Waals surface area contributed by atoms with Crippen LogP contribution in [0.5, 0.6) is 0 Å². The van der Waals surface area contributed by atoms with Gasteiger partial charge in [-0.1, -0.05) is 46.9 Å². The Morgan fingerprint density at radius 1 is 0.927 bits per heavy atom. The van der Waals surface area contributed by atoms with Crippen LogP contribution in [0, 0.1) is 0 Å². The number of hydrogen-bond acceptors (Lipinski definition) is 11. The van der Waals surface area contributed by atoms with Crippen molar-refractivity contribution in [3.8, 4) is 0 Å². The number of benzene rings is 1. The number of alkyl halides is 3. The second kappa shape index (κ2) is 12.2. The number of nitrogens with zero attached hydrogens (tertiary/aromatic N) is 1. The number of amides is 4. The zero-order valence-electron chi connectivity index (χ0n) is 21.9. The van der Waals surface area contributed by atoms with E-state index in [4.69, 9.17) is 53.8 Å². The molecule has 0 spiro atoms. The van der Waals surface area contributed by atoms with E-state index in [1.165, 1.54) is 24.3 Å². The van der Waals surface area contributed by atoms with E-state index in [9.17, 15) is 33.6 Å². The summed E-state index contributed by atoms with van der Waals surface area (Å²) >= 11 is 17.3. The number of esters is 3. The highest BCUT2D eigenvalue weighted by molar-refractivity contribution is 6.76. The maximum atomic E-state index is 13.8. The summed E-state index contributed by atoms with van der Waals surface area (Å²) in [5, 5.41) is 4.59. The number of ether oxygens (including phenoxy) is 4. The number of fused-ring (bicyclic) bond motifs is 1. The van der Waals surface area contributed by atoms with Crippen molar-refractivity contribution >= 4 is 76.3 Å². The molecule has 222 valence electrons. The number of imide groups is 1. The van der Waals surface area contributed by atoms with Crippen LogP contribution in [0.15, 0.2) is 24.3 Å². The molecule has 1 fully saturated rings. The SMILES string of the molecule is CC(=O)N[C@@]1(N2C(=O)c3ccccc3C2=O)[C@H](NC(=O)C(Cl)(Cl)Cl)O[C@H](COC(C)=O)[C@@H](OC(C)=O)[C@@H]1OC(C)=O. The average molecular weight is 637 g/mol. The molecular weight excluding hydrogens is 613 g/mol. The van der Waals surface area contributed by atoms with Gasteiger partial charge in [-0.25, -0.2) is 4.90 Å². The molecule has 0 aliphatic carbocycles. The lowest BCUT2D eigenvalue weighted by Crippen LogP contribution is -2.84. The first-order chi connectivity index (χ1) is 19.0. The van der Waals surface area contributed by atoms with Gasteiger partial charge in [0.05, 0.1) is 11.1 Å². The minimum Gasteiger partial charge on any atom is -0.463 e. The van der Waals surface area contributed by atoms with E-state index in [1.54, 1.807) is 0 Å². The Bertz CT molecular complexity index is 1270. The van der Waals surface area contributed by atoms with Gasteiger partial charge in [0.1, 0.15) is 12.7 Å². The van der Waals surface area contributed by atoms with E-state index < -0.39 is 82.1 Å². The first-order valence-electron chi connectivity index (χ1n) is 11.8. The number of rotatable bonds is 7. The van der Waals surface area contributed by atoms with Crippen LogP contribution in [0.2, 0.25) is 0 Å². The van der Waals surface area contributed by atoms with Gasteiger partial charge >= 0.3 is 17.9 Å². The highest BCUT2D eigenvalue weighted by Crippen LogP contribution is 2.41. The van der Waals surface area contributed by atoms with E-state index in [1.807, 2.05) is 0 Å². The fourth-order valence-electron chi connectivity index (χ4n) is 4.54. The average Bonchev–Trinajstić information content (AvgIpc) is 3.10. The van der Waals surface area contributed by atoms with E-state index >= 15 is 0 Å². The molecule has 3 rings (SSSR count). The second-order valence-electron chi connectivity index (χ2n) is 8.93. The van der Waals surface area contributed by atoms with Crippen LogP contribution in [0.25, 0.3) is 0 Å². The van der Waals surface area contributed by atoms with Gasteiger partial charge in [0, 0.05) is 27.7 Å². The summed E-state index contributed by atoms with van der Waals surface area (Å²) in [5.41, 5.74) is -2.88. The number of carbonyl (C=O) groups is 7. The van der Waals surface area contributed by atoms with Crippen molar-refractivity contribution in [1.82, 2.24) is 15.5 Å². The number of halogens is 3. The first kappa shape index (κ1) is 32.1. The molecule has 4 amide bonds. The Hall–Kier alpha value is -3.46. The summed E-state index contributed by atoms with van der Waals surface area (Å²) in [6, 6.07) is 5.59. The summed E-state index contributed by atoms with van der Waals surface area (Å²) in [6.45, 7) is 3.35. The van der Waals surface area contributed by atoms with Crippen LogP contribution in [-0.4, -0.2) is 87.0 Å². The van der Waals surface area contributed by atoms with Gasteiger partial charge in [-0.15, -0.1) is 0 Å². The van der Waals surface area contributed by atoms with Gasteiger partial charge < -0.3 is 29.6 Å². The molecule has 0 unspecified atom stereocenters. The zero-order valence-corrected chi connectivity index (χ0v) is 24.2. The third-order valence-electron chi connectivity index (χ3n) is 5.92. The van der Waals surface area contributed by atoms with Gasteiger partial charge in [0.15, 0.2) is 18.4 Å². The maximum Gasteiger partial charge on any atom is 0.303 e. The largest absolute Gasteiger partial charge is 0.463 e. The van der Waals surface area contributed by atoms with Crippen LogP contribution >= 0.6 is 34.8 Å². The molecule has 2 aliphatic rings. The Morgan fingerprint density at radius 2 is 1.46 bits per heavy atom. The summed E-state index contributed by atoms with van der Waals surface area (Å²) in [7, 11) is 0. The van der Waals surface area contributed by atoms with Crippen molar-refractivity contribution in [2.24, 2.45) is 0 Å². The van der Waals surface area contributed by atoms with Crippen molar-refractivity contribution in [3.63, 3.8) is 0 Å². The lowest BCUT2D eigenvalue weighted by molar-refractivity contribution is -0.265. The lowest BCUT2D eigenvalue weighted by atomic mass is 9.86. The van der Waals surface area contributed by atoms with Crippen LogP contribution in [0.1, 0.15) is 48.4 Å². The molecular formula is C24H24Cl3N3O11. The predicted molar refractivity (Wildman–Crippen MR) is 138 cm³/mol. The highest BCUT2D eigenvalue weighted by Gasteiger charge is 2.68. The Morgan fingerprint density at radius 3 is 1.90 bits per heavy atom. The smallest absolute Gasteiger partial charge is 0.303 e. The Labute approximate surface area is 247 Å². The number of hydrogen-bond donors (Lipinski definition) is 2. The van der Waals surface area contributed by atoms with Crippen LogP contribution in [0.4, 0.5) is 0 Å². The molecule has 0 radical (unpaired) electrons. The van der Waals surface area contributed by atoms with Gasteiger partial charge in [-0.05, 0) is 12.1 Å². The minimum absolute atomic E-state index is 0.110. The molecule has 14 nitrogen and oxygen atoms in total. The van der Waals surface area contributed by atoms with Crippen molar-refractivity contribution in [1.29, 1.82) is 0 Å². The molecule has 1 saturated heterocycles. The Kier molecular flexibility index (Phi) is 9.53. The monoisotopic (exact) mass is 635 g/mol. The zero-order chi connectivity index (χ0) is 30.9. The summed E-state index contributed by atoms with van der Waals surface area (Å²) in [6.07, 6.45) is -7.30. The lowest BCUT2D eigenvalue weighted by Gasteiger charge is -2.55. The van der Waals surface area contributed by atoms with Gasteiger partial charge in [0.2, 0.25) is 11.6 Å². The minimum atomic E-state index is -2.66. The van der Waals surface area contributed by atoms with E-state index in [-0.39, 0.29) is 11.1 Å². The molecule has 41 heavy (non-hydrogen) atoms. The molecule has 5 atom stereocenters. The molecule has 1 aromatic rings. The standard InChI is InChI=1S/C24H24Cl3N3O11/c1-10(31)29-23(30-19(35)14-7-5-6-8-15(14)20(30)36)18(40-13(4)34)17(39-12(3)33)16(9-38-11(2)32)41-22(23)28-21(37)24(25,26)27/h5-8,16-18,22H,9H2,1-4H3,(H,28,37)(H,29,31)/t16-,17-,18+,22-,23+/m1/s1. The van der Waals surface area contributed by atoms with E-state index in [0.717, 1.165) is 27.7 Å². The Balaban J connectivity index is 2.36. The fourth-order valence-corrected chi connectivity index (χ4v) is 4.70. The molecule has 2 heterocycles. The summed E-state index contributed by atoms with van der Waals surface area (Å²) in [4.78, 5) is 89.9.